The Morgan fingerprint density at radius 3 is 2.00 bits per heavy atom. The summed E-state index contributed by atoms with van der Waals surface area (Å²) in [6.07, 6.45) is 1.78. The number of nitrogens with one attached hydrogen (secondary N) is 1. The van der Waals surface area contributed by atoms with Gasteiger partial charge in [0.1, 0.15) is 6.04 Å². The molecule has 0 saturated carbocycles. The molecule has 0 unspecified atom stereocenters. The van der Waals surface area contributed by atoms with Crippen LogP contribution in [0.3, 0.4) is 0 Å². The zero-order chi connectivity index (χ0) is 11.7. The molecule has 1 rings (SSSR count). The zero-order valence-electron chi connectivity index (χ0n) is 10.1. The maximum Gasteiger partial charge on any atom is 0.320 e. The van der Waals surface area contributed by atoms with Crippen LogP contribution in [0.25, 0.3) is 0 Å². The second-order valence-corrected chi connectivity index (χ2v) is 3.61. The van der Waals surface area contributed by atoms with E-state index in [0.29, 0.717) is 0 Å². The summed E-state index contributed by atoms with van der Waals surface area (Å²) in [7, 11) is 0. The highest BCUT2D eigenvalue weighted by molar-refractivity contribution is 5.73. The molecule has 1 heterocycles. The third-order valence-electron chi connectivity index (χ3n) is 2.70. The molecule has 1 atom stereocenters. The first-order valence-corrected chi connectivity index (χ1v) is 5.84. The van der Waals surface area contributed by atoms with Gasteiger partial charge in [0.15, 0.2) is 0 Å². The van der Waals surface area contributed by atoms with E-state index in [1.165, 1.54) is 19.6 Å². The molecule has 4 heteroatoms. The number of nitrogens with zero attached hydrogens (tertiary/aromatic N) is 1. The predicted octanol–water partition coefficient (Wildman–Crippen LogP) is 1.17. The van der Waals surface area contributed by atoms with Gasteiger partial charge in [0.05, 0.1) is 0 Å². The average Bonchev–Trinajstić information content (AvgIpc) is 2.74. The predicted molar refractivity (Wildman–Crippen MR) is 62.1 cm³/mol. The fourth-order valence-electron chi connectivity index (χ4n) is 1.57. The Kier molecular flexibility index (Phi) is 8.33. The van der Waals surface area contributed by atoms with E-state index >= 15 is 0 Å². The highest BCUT2D eigenvalue weighted by Gasteiger charge is 2.20. The van der Waals surface area contributed by atoms with Crippen LogP contribution in [0.5, 0.6) is 0 Å². The van der Waals surface area contributed by atoms with Gasteiger partial charge in [0.25, 0.3) is 0 Å². The van der Waals surface area contributed by atoms with Crippen LogP contribution in [-0.2, 0) is 4.79 Å². The van der Waals surface area contributed by atoms with Gasteiger partial charge in [-0.25, -0.2) is 0 Å². The standard InChI is InChI=1S/C6H15N.C5H9NO2/c1-4-7(5-2)6-3;7-5(8)4-2-1-3-6-4/h4-6H2,1-3H3;4,6H,1-3H2,(H,7,8)/t;4-/m.0/s1. The minimum absolute atomic E-state index is 0.269. The van der Waals surface area contributed by atoms with Crippen LogP contribution in [-0.4, -0.2) is 48.2 Å². The summed E-state index contributed by atoms with van der Waals surface area (Å²) < 4.78 is 0. The quantitative estimate of drug-likeness (QED) is 0.740. The van der Waals surface area contributed by atoms with Crippen LogP contribution in [0.4, 0.5) is 0 Å². The molecular weight excluding hydrogens is 192 g/mol. The van der Waals surface area contributed by atoms with Gasteiger partial charge >= 0.3 is 5.97 Å². The Morgan fingerprint density at radius 2 is 1.87 bits per heavy atom. The number of carbonyl (C=O) groups is 1. The molecule has 1 aliphatic heterocycles. The van der Waals surface area contributed by atoms with E-state index in [1.807, 2.05) is 0 Å². The van der Waals surface area contributed by atoms with E-state index in [0.717, 1.165) is 19.4 Å². The molecule has 2 N–H and O–H groups in total. The first-order chi connectivity index (χ1) is 7.15. The third kappa shape index (κ3) is 6.47. The highest BCUT2D eigenvalue weighted by Crippen LogP contribution is 2.03. The molecule has 0 bridgehead atoms. The van der Waals surface area contributed by atoms with Crippen molar-refractivity contribution >= 4 is 5.97 Å². The Balaban J connectivity index is 0.000000265. The van der Waals surface area contributed by atoms with Crippen LogP contribution in [0.2, 0.25) is 0 Å². The Morgan fingerprint density at radius 1 is 1.33 bits per heavy atom. The third-order valence-corrected chi connectivity index (χ3v) is 2.70. The number of aliphatic carboxylic acids is 1. The summed E-state index contributed by atoms with van der Waals surface area (Å²) in [5.74, 6) is -0.720. The number of rotatable bonds is 4. The van der Waals surface area contributed by atoms with Crippen molar-refractivity contribution in [2.45, 2.75) is 39.7 Å². The summed E-state index contributed by atoms with van der Waals surface area (Å²) in [5.41, 5.74) is 0. The van der Waals surface area contributed by atoms with Gasteiger partial charge in [0, 0.05) is 0 Å². The van der Waals surface area contributed by atoms with Gasteiger partial charge in [-0.1, -0.05) is 20.8 Å². The number of carboxylic acids is 1. The van der Waals surface area contributed by atoms with Crippen LogP contribution >= 0.6 is 0 Å². The molecule has 4 nitrogen and oxygen atoms in total. The van der Waals surface area contributed by atoms with E-state index in [1.54, 1.807) is 0 Å². The first kappa shape index (κ1) is 14.4. The summed E-state index contributed by atoms with van der Waals surface area (Å²) >= 11 is 0. The molecular formula is C11H24N2O2. The van der Waals surface area contributed by atoms with Crippen molar-refractivity contribution in [3.63, 3.8) is 0 Å². The molecule has 0 aromatic rings. The Labute approximate surface area is 92.7 Å². The number of hydrogen-bond acceptors (Lipinski definition) is 3. The van der Waals surface area contributed by atoms with Crippen LogP contribution in [0, 0.1) is 0 Å². The van der Waals surface area contributed by atoms with Crippen molar-refractivity contribution in [1.29, 1.82) is 0 Å². The molecule has 0 spiro atoms. The smallest absolute Gasteiger partial charge is 0.320 e. The zero-order valence-corrected chi connectivity index (χ0v) is 10.1. The first-order valence-electron chi connectivity index (χ1n) is 5.84. The maximum absolute atomic E-state index is 10.1. The second kappa shape index (κ2) is 8.68. The SMILES string of the molecule is CCN(CC)CC.O=C(O)[C@@H]1CCCN1. The molecule has 0 radical (unpaired) electrons. The van der Waals surface area contributed by atoms with Crippen LogP contribution in [0.15, 0.2) is 0 Å². The number of hydrogen-bond donors (Lipinski definition) is 2. The molecule has 0 aromatic carbocycles. The van der Waals surface area contributed by atoms with Gasteiger partial charge in [-0.05, 0) is 39.0 Å². The van der Waals surface area contributed by atoms with E-state index in [4.69, 9.17) is 5.11 Å². The van der Waals surface area contributed by atoms with Crippen molar-refractivity contribution in [2.75, 3.05) is 26.2 Å². The fraction of sp³-hybridized carbons (Fsp3) is 0.909. The molecule has 1 fully saturated rings. The molecule has 0 amide bonds. The topological polar surface area (TPSA) is 52.6 Å². The molecule has 90 valence electrons. The maximum atomic E-state index is 10.1. The van der Waals surface area contributed by atoms with E-state index in [2.05, 4.69) is 31.0 Å². The lowest BCUT2D eigenvalue weighted by molar-refractivity contribution is -0.139. The minimum atomic E-state index is -0.720. The molecule has 1 aliphatic rings. The lowest BCUT2D eigenvalue weighted by Crippen LogP contribution is -2.29. The normalized spacial score (nSPS) is 19.9. The highest BCUT2D eigenvalue weighted by atomic mass is 16.4. The summed E-state index contributed by atoms with van der Waals surface area (Å²) in [4.78, 5) is 12.5. The largest absolute Gasteiger partial charge is 0.480 e. The van der Waals surface area contributed by atoms with Crippen molar-refractivity contribution in [3.8, 4) is 0 Å². The van der Waals surface area contributed by atoms with E-state index in [-0.39, 0.29) is 6.04 Å². The number of carboxylic acid groups (broad SMARTS) is 1. The van der Waals surface area contributed by atoms with Crippen molar-refractivity contribution in [2.24, 2.45) is 0 Å². The summed E-state index contributed by atoms with van der Waals surface area (Å²) in [6, 6.07) is -0.269. The molecule has 0 aromatic heterocycles. The van der Waals surface area contributed by atoms with Crippen molar-refractivity contribution in [1.82, 2.24) is 10.2 Å². The second-order valence-electron chi connectivity index (χ2n) is 3.61. The summed E-state index contributed by atoms with van der Waals surface area (Å²) in [6.45, 7) is 11.0. The van der Waals surface area contributed by atoms with Crippen LogP contribution in [0.1, 0.15) is 33.6 Å². The molecule has 15 heavy (non-hydrogen) atoms. The Hall–Kier alpha value is -0.610. The average molecular weight is 216 g/mol. The van der Waals surface area contributed by atoms with E-state index in [9.17, 15) is 4.79 Å². The minimum Gasteiger partial charge on any atom is -0.480 e. The van der Waals surface area contributed by atoms with E-state index < -0.39 is 5.97 Å². The van der Waals surface area contributed by atoms with Crippen molar-refractivity contribution < 1.29 is 9.90 Å². The monoisotopic (exact) mass is 216 g/mol. The fourth-order valence-corrected chi connectivity index (χ4v) is 1.57. The Bertz CT molecular complexity index is 158. The van der Waals surface area contributed by atoms with Gasteiger partial charge in [-0.3, -0.25) is 4.79 Å². The lowest BCUT2D eigenvalue weighted by Gasteiger charge is -2.13. The summed E-state index contributed by atoms with van der Waals surface area (Å²) in [5, 5.41) is 11.2. The van der Waals surface area contributed by atoms with Crippen LogP contribution < -0.4 is 5.32 Å². The van der Waals surface area contributed by atoms with Crippen molar-refractivity contribution in [3.05, 3.63) is 0 Å². The van der Waals surface area contributed by atoms with Gasteiger partial charge in [0.2, 0.25) is 0 Å². The lowest BCUT2D eigenvalue weighted by atomic mass is 10.2. The van der Waals surface area contributed by atoms with Gasteiger partial charge < -0.3 is 15.3 Å². The molecule has 1 saturated heterocycles. The molecule has 0 aliphatic carbocycles. The van der Waals surface area contributed by atoms with Gasteiger partial charge in [-0.15, -0.1) is 0 Å². The van der Waals surface area contributed by atoms with Gasteiger partial charge in [-0.2, -0.15) is 0 Å².